The molecular weight excluding hydrogens is 240 g/mol. The SMILES string of the molecule is COC(=O)C=C1C(C(=O)OC)=CC=C1C(=O)OC. The molecule has 96 valence electrons. The lowest BCUT2D eigenvalue weighted by atomic mass is 10.0. The molecule has 0 saturated heterocycles. The maximum atomic E-state index is 11.5. The highest BCUT2D eigenvalue weighted by Gasteiger charge is 2.28. The van der Waals surface area contributed by atoms with Gasteiger partial charge in [0.2, 0.25) is 0 Å². The van der Waals surface area contributed by atoms with Gasteiger partial charge in [-0.3, -0.25) is 0 Å². The minimum atomic E-state index is -0.684. The van der Waals surface area contributed by atoms with Crippen LogP contribution in [-0.2, 0) is 28.6 Å². The smallest absolute Gasteiger partial charge is 0.338 e. The van der Waals surface area contributed by atoms with Gasteiger partial charge in [-0.05, 0) is 12.2 Å². The van der Waals surface area contributed by atoms with Gasteiger partial charge in [-0.2, -0.15) is 0 Å². The number of rotatable bonds is 3. The monoisotopic (exact) mass is 252 g/mol. The van der Waals surface area contributed by atoms with Gasteiger partial charge in [0.1, 0.15) is 0 Å². The summed E-state index contributed by atoms with van der Waals surface area (Å²) in [6, 6.07) is 0. The van der Waals surface area contributed by atoms with Gasteiger partial charge in [0.05, 0.1) is 32.5 Å². The zero-order chi connectivity index (χ0) is 13.7. The molecule has 0 N–H and O–H groups in total. The van der Waals surface area contributed by atoms with Gasteiger partial charge in [0.15, 0.2) is 0 Å². The molecule has 18 heavy (non-hydrogen) atoms. The van der Waals surface area contributed by atoms with Crippen LogP contribution in [0.3, 0.4) is 0 Å². The Kier molecular flexibility index (Phi) is 4.42. The fourth-order valence-corrected chi connectivity index (χ4v) is 1.40. The molecule has 0 radical (unpaired) electrons. The molecule has 0 aliphatic heterocycles. The van der Waals surface area contributed by atoms with Crippen molar-refractivity contribution in [2.75, 3.05) is 21.3 Å². The van der Waals surface area contributed by atoms with Gasteiger partial charge in [-0.25, -0.2) is 14.4 Å². The summed E-state index contributed by atoms with van der Waals surface area (Å²) in [4.78, 5) is 34.2. The van der Waals surface area contributed by atoms with Crippen molar-refractivity contribution in [3.63, 3.8) is 0 Å². The Bertz CT molecular complexity index is 447. The molecule has 0 spiro atoms. The summed E-state index contributed by atoms with van der Waals surface area (Å²) in [6.45, 7) is 0. The lowest BCUT2D eigenvalue weighted by molar-refractivity contribution is -0.135. The third-order valence-corrected chi connectivity index (χ3v) is 2.27. The maximum absolute atomic E-state index is 11.5. The van der Waals surface area contributed by atoms with Crippen molar-refractivity contribution in [2.45, 2.75) is 0 Å². The van der Waals surface area contributed by atoms with Crippen molar-refractivity contribution in [3.8, 4) is 0 Å². The summed E-state index contributed by atoms with van der Waals surface area (Å²) < 4.78 is 13.6. The van der Waals surface area contributed by atoms with Crippen LogP contribution in [0.4, 0.5) is 0 Å². The van der Waals surface area contributed by atoms with Crippen molar-refractivity contribution >= 4 is 17.9 Å². The Morgan fingerprint density at radius 3 is 1.67 bits per heavy atom. The summed E-state index contributed by atoms with van der Waals surface area (Å²) in [5, 5.41) is 0. The van der Waals surface area contributed by atoms with E-state index < -0.39 is 17.9 Å². The fourth-order valence-electron chi connectivity index (χ4n) is 1.40. The lowest BCUT2D eigenvalue weighted by Crippen LogP contribution is -2.12. The third-order valence-electron chi connectivity index (χ3n) is 2.27. The van der Waals surface area contributed by atoms with Crippen LogP contribution >= 0.6 is 0 Å². The number of hydrogen-bond acceptors (Lipinski definition) is 6. The van der Waals surface area contributed by atoms with E-state index in [4.69, 9.17) is 0 Å². The second kappa shape index (κ2) is 5.81. The zero-order valence-electron chi connectivity index (χ0n) is 10.2. The molecule has 0 unspecified atom stereocenters. The van der Waals surface area contributed by atoms with Crippen LogP contribution < -0.4 is 0 Å². The highest BCUT2D eigenvalue weighted by atomic mass is 16.5. The van der Waals surface area contributed by atoms with Crippen LogP contribution in [0.5, 0.6) is 0 Å². The quantitative estimate of drug-likeness (QED) is 0.408. The van der Waals surface area contributed by atoms with Crippen molar-refractivity contribution in [1.82, 2.24) is 0 Å². The first-order valence-corrected chi connectivity index (χ1v) is 4.94. The van der Waals surface area contributed by atoms with Crippen LogP contribution in [0.25, 0.3) is 0 Å². The molecule has 0 aromatic carbocycles. The van der Waals surface area contributed by atoms with E-state index in [1.807, 2.05) is 0 Å². The van der Waals surface area contributed by atoms with Gasteiger partial charge in [0.25, 0.3) is 0 Å². The van der Waals surface area contributed by atoms with E-state index in [2.05, 4.69) is 14.2 Å². The van der Waals surface area contributed by atoms with Crippen LogP contribution in [0.1, 0.15) is 0 Å². The zero-order valence-corrected chi connectivity index (χ0v) is 10.2. The first-order valence-electron chi connectivity index (χ1n) is 4.94. The van der Waals surface area contributed by atoms with E-state index in [0.717, 1.165) is 6.08 Å². The number of carbonyl (C=O) groups excluding carboxylic acids is 3. The second-order valence-corrected chi connectivity index (χ2v) is 3.23. The first-order chi connectivity index (χ1) is 8.54. The molecule has 1 rings (SSSR count). The van der Waals surface area contributed by atoms with Crippen molar-refractivity contribution in [2.24, 2.45) is 0 Å². The minimum Gasteiger partial charge on any atom is -0.466 e. The van der Waals surface area contributed by atoms with Crippen molar-refractivity contribution in [3.05, 3.63) is 34.9 Å². The second-order valence-electron chi connectivity index (χ2n) is 3.23. The first kappa shape index (κ1) is 13.7. The standard InChI is InChI=1S/C12H12O6/c1-16-10(13)6-9-7(11(14)17-2)4-5-8(9)12(15)18-3/h4-6H,1-3H3. The molecular formula is C12H12O6. The Labute approximate surface area is 104 Å². The number of carbonyl (C=O) groups is 3. The van der Waals surface area contributed by atoms with Crippen molar-refractivity contribution in [1.29, 1.82) is 0 Å². The molecule has 0 amide bonds. The number of esters is 3. The highest BCUT2D eigenvalue weighted by Crippen LogP contribution is 2.28. The summed E-state index contributed by atoms with van der Waals surface area (Å²) >= 11 is 0. The maximum Gasteiger partial charge on any atom is 0.338 e. The lowest BCUT2D eigenvalue weighted by Gasteiger charge is -2.07. The third kappa shape index (κ3) is 2.65. The summed E-state index contributed by atoms with van der Waals surface area (Å²) in [5.41, 5.74) is 0.326. The van der Waals surface area contributed by atoms with E-state index in [-0.39, 0.29) is 16.7 Å². The van der Waals surface area contributed by atoms with E-state index in [0.29, 0.717) is 0 Å². The topological polar surface area (TPSA) is 78.9 Å². The molecule has 1 aliphatic carbocycles. The van der Waals surface area contributed by atoms with E-state index in [1.54, 1.807) is 0 Å². The summed E-state index contributed by atoms with van der Waals surface area (Å²) in [7, 11) is 3.60. The Hall–Kier alpha value is -2.37. The Morgan fingerprint density at radius 1 is 0.889 bits per heavy atom. The Balaban J connectivity index is 3.15. The van der Waals surface area contributed by atoms with Gasteiger partial charge < -0.3 is 14.2 Å². The largest absolute Gasteiger partial charge is 0.466 e. The summed E-state index contributed by atoms with van der Waals surface area (Å²) in [6.07, 6.45) is 3.80. The van der Waals surface area contributed by atoms with Crippen LogP contribution in [0.15, 0.2) is 34.9 Å². The number of hydrogen-bond donors (Lipinski definition) is 0. The molecule has 6 nitrogen and oxygen atoms in total. The molecule has 0 aromatic heterocycles. The molecule has 6 heteroatoms. The molecule has 1 aliphatic rings. The van der Waals surface area contributed by atoms with E-state index >= 15 is 0 Å². The molecule has 0 bridgehead atoms. The van der Waals surface area contributed by atoms with E-state index in [1.165, 1.54) is 33.5 Å². The number of allylic oxidation sites excluding steroid dienone is 2. The molecule has 0 fully saturated rings. The van der Waals surface area contributed by atoms with E-state index in [9.17, 15) is 14.4 Å². The number of ether oxygens (including phenoxy) is 3. The Morgan fingerprint density at radius 2 is 1.33 bits per heavy atom. The number of methoxy groups -OCH3 is 3. The highest BCUT2D eigenvalue weighted by molar-refractivity contribution is 6.08. The predicted molar refractivity (Wildman–Crippen MR) is 60.3 cm³/mol. The average Bonchev–Trinajstić information content (AvgIpc) is 2.80. The minimum absolute atomic E-state index is 0.100. The van der Waals surface area contributed by atoms with Gasteiger partial charge in [-0.15, -0.1) is 0 Å². The van der Waals surface area contributed by atoms with Gasteiger partial charge in [-0.1, -0.05) is 0 Å². The average molecular weight is 252 g/mol. The fraction of sp³-hybridized carbons (Fsp3) is 0.250. The molecule has 0 aromatic rings. The van der Waals surface area contributed by atoms with Crippen molar-refractivity contribution < 1.29 is 28.6 Å². The summed E-state index contributed by atoms with van der Waals surface area (Å²) in [5.74, 6) is -1.99. The van der Waals surface area contributed by atoms with Crippen LogP contribution in [0, 0.1) is 0 Å². The van der Waals surface area contributed by atoms with Crippen LogP contribution in [-0.4, -0.2) is 39.2 Å². The molecule has 0 saturated carbocycles. The molecule has 0 heterocycles. The predicted octanol–water partition coefficient (Wildman–Crippen LogP) is 0.298. The molecule has 0 atom stereocenters. The normalized spacial score (nSPS) is 13.4. The van der Waals surface area contributed by atoms with Gasteiger partial charge >= 0.3 is 17.9 Å². The van der Waals surface area contributed by atoms with Crippen LogP contribution in [0.2, 0.25) is 0 Å². The van der Waals surface area contributed by atoms with Gasteiger partial charge in [0, 0.05) is 11.6 Å².